The van der Waals surface area contributed by atoms with Crippen LogP contribution in [0.5, 0.6) is 0 Å². The average molecular weight is 321 g/mol. The topological polar surface area (TPSA) is 22.0 Å². The van der Waals surface area contributed by atoms with Crippen molar-refractivity contribution in [3.63, 3.8) is 0 Å². The van der Waals surface area contributed by atoms with Gasteiger partial charge in [-0.15, -0.1) is 0 Å². The van der Waals surface area contributed by atoms with Gasteiger partial charge in [0.05, 0.1) is 5.69 Å². The first-order chi connectivity index (χ1) is 11.5. The molecule has 0 aliphatic carbocycles. The number of allylic oxidation sites excluding steroid dienone is 1. The van der Waals surface area contributed by atoms with Crippen molar-refractivity contribution in [2.75, 3.05) is 0 Å². The lowest BCUT2D eigenvalue weighted by Gasteiger charge is -2.13. The van der Waals surface area contributed by atoms with Gasteiger partial charge in [0, 0.05) is 22.5 Å². The maximum Gasteiger partial charge on any atom is 0.152 e. The summed E-state index contributed by atoms with van der Waals surface area (Å²) in [5.74, 6) is -0.257. The van der Waals surface area contributed by atoms with Crippen LogP contribution in [0, 0.1) is 5.82 Å². The van der Waals surface area contributed by atoms with Crippen LogP contribution in [-0.2, 0) is 4.79 Å². The molecule has 0 radical (unpaired) electrons. The van der Waals surface area contributed by atoms with Gasteiger partial charge in [-0.2, -0.15) is 0 Å². The molecule has 3 rings (SSSR count). The van der Waals surface area contributed by atoms with Crippen LogP contribution in [0.1, 0.15) is 32.5 Å². The van der Waals surface area contributed by atoms with Gasteiger partial charge in [0.2, 0.25) is 0 Å². The maximum absolute atomic E-state index is 13.3. The first kappa shape index (κ1) is 16.2. The highest BCUT2D eigenvalue weighted by Gasteiger charge is 2.18. The van der Waals surface area contributed by atoms with Gasteiger partial charge in [0.15, 0.2) is 5.78 Å². The number of benzene rings is 2. The van der Waals surface area contributed by atoms with Gasteiger partial charge in [-0.3, -0.25) is 4.79 Å². The van der Waals surface area contributed by atoms with Crippen LogP contribution in [0.2, 0.25) is 0 Å². The Labute approximate surface area is 141 Å². The highest BCUT2D eigenvalue weighted by Crippen LogP contribution is 2.37. The van der Waals surface area contributed by atoms with Crippen molar-refractivity contribution in [2.24, 2.45) is 0 Å². The van der Waals surface area contributed by atoms with Crippen molar-refractivity contribution in [3.8, 4) is 11.1 Å². The van der Waals surface area contributed by atoms with Crippen LogP contribution in [-0.4, -0.2) is 10.4 Å². The van der Waals surface area contributed by atoms with E-state index in [9.17, 15) is 9.18 Å². The lowest BCUT2D eigenvalue weighted by Crippen LogP contribution is -2.03. The molecule has 0 unspecified atom stereocenters. The van der Waals surface area contributed by atoms with E-state index in [2.05, 4.69) is 30.5 Å². The Morgan fingerprint density at radius 3 is 2.38 bits per heavy atom. The second-order valence-electron chi connectivity index (χ2n) is 6.19. The second kappa shape index (κ2) is 6.44. The number of fused-ring (bicyclic) bond motifs is 1. The summed E-state index contributed by atoms with van der Waals surface area (Å²) in [4.78, 5) is 11.5. The zero-order valence-electron chi connectivity index (χ0n) is 14.1. The molecule has 0 spiro atoms. The molecule has 3 heteroatoms. The minimum Gasteiger partial charge on any atom is -0.338 e. The first-order valence-electron chi connectivity index (χ1n) is 8.06. The number of hydrogen-bond donors (Lipinski definition) is 0. The molecule has 0 bridgehead atoms. The Hall–Kier alpha value is -2.68. The molecule has 1 heterocycles. The normalized spacial score (nSPS) is 11.7. The highest BCUT2D eigenvalue weighted by atomic mass is 19.1. The molecule has 0 aliphatic rings. The van der Waals surface area contributed by atoms with Crippen molar-refractivity contribution in [3.05, 3.63) is 66.1 Å². The van der Waals surface area contributed by atoms with Crippen molar-refractivity contribution >= 4 is 22.8 Å². The number of carbonyl (C=O) groups is 1. The minimum atomic E-state index is -0.257. The molecule has 0 atom stereocenters. The lowest BCUT2D eigenvalue weighted by molar-refractivity contribution is -0.112. The molecule has 2 nitrogen and oxygen atoms in total. The predicted molar refractivity (Wildman–Crippen MR) is 97.4 cm³/mol. The first-order valence-corrected chi connectivity index (χ1v) is 8.06. The molecular formula is C21H20FNO. The fourth-order valence-electron chi connectivity index (χ4n) is 3.12. The Kier molecular flexibility index (Phi) is 4.34. The Morgan fingerprint density at radius 2 is 1.75 bits per heavy atom. The molecule has 0 N–H and O–H groups in total. The molecule has 24 heavy (non-hydrogen) atoms. The maximum atomic E-state index is 13.3. The van der Waals surface area contributed by atoms with Crippen LogP contribution < -0.4 is 0 Å². The molecule has 0 amide bonds. The van der Waals surface area contributed by atoms with Crippen molar-refractivity contribution in [1.29, 1.82) is 0 Å². The molecule has 0 fully saturated rings. The number of aromatic nitrogens is 1. The summed E-state index contributed by atoms with van der Waals surface area (Å²) in [6.45, 7) is 5.77. The molecule has 2 aromatic carbocycles. The molecule has 122 valence electrons. The second-order valence-corrected chi connectivity index (χ2v) is 6.19. The van der Waals surface area contributed by atoms with Gasteiger partial charge < -0.3 is 4.57 Å². The summed E-state index contributed by atoms with van der Waals surface area (Å²) in [6, 6.07) is 14.9. The summed E-state index contributed by atoms with van der Waals surface area (Å²) < 4.78 is 15.6. The third-order valence-corrected chi connectivity index (χ3v) is 4.07. The molecule has 3 aromatic rings. The predicted octanol–water partition coefficient (Wildman–Crippen LogP) is 5.63. The summed E-state index contributed by atoms with van der Waals surface area (Å²) >= 11 is 0. The fourth-order valence-corrected chi connectivity index (χ4v) is 3.12. The number of para-hydroxylation sites is 1. The Bertz CT molecular complexity index is 917. The zero-order chi connectivity index (χ0) is 17.3. The third kappa shape index (κ3) is 2.90. The molecule has 0 saturated heterocycles. The van der Waals surface area contributed by atoms with Gasteiger partial charge in [0.25, 0.3) is 0 Å². The van der Waals surface area contributed by atoms with Gasteiger partial charge in [-0.25, -0.2) is 4.39 Å². The van der Waals surface area contributed by atoms with Gasteiger partial charge in [-0.1, -0.05) is 30.3 Å². The summed E-state index contributed by atoms with van der Waals surface area (Å²) in [5, 5.41) is 1.10. The fraction of sp³-hybridized carbons (Fsp3) is 0.190. The number of ketones is 1. The van der Waals surface area contributed by atoms with Gasteiger partial charge in [-0.05, 0) is 56.7 Å². The smallest absolute Gasteiger partial charge is 0.152 e. The Balaban J connectivity index is 2.38. The number of nitrogens with zero attached hydrogens (tertiary/aromatic N) is 1. The van der Waals surface area contributed by atoms with E-state index in [1.807, 2.05) is 18.2 Å². The van der Waals surface area contributed by atoms with Crippen molar-refractivity contribution in [2.45, 2.75) is 26.8 Å². The van der Waals surface area contributed by atoms with E-state index in [4.69, 9.17) is 0 Å². The third-order valence-electron chi connectivity index (χ3n) is 4.07. The Morgan fingerprint density at radius 1 is 1.08 bits per heavy atom. The van der Waals surface area contributed by atoms with E-state index in [-0.39, 0.29) is 17.6 Å². The van der Waals surface area contributed by atoms with E-state index >= 15 is 0 Å². The van der Waals surface area contributed by atoms with E-state index in [1.54, 1.807) is 18.2 Å². The number of rotatable bonds is 4. The van der Waals surface area contributed by atoms with Crippen LogP contribution in [0.4, 0.5) is 4.39 Å². The molecule has 1 aromatic heterocycles. The summed E-state index contributed by atoms with van der Waals surface area (Å²) in [7, 11) is 0. The van der Waals surface area contributed by atoms with Crippen molar-refractivity contribution < 1.29 is 9.18 Å². The van der Waals surface area contributed by atoms with Crippen molar-refractivity contribution in [1.82, 2.24) is 4.57 Å². The zero-order valence-corrected chi connectivity index (χ0v) is 14.1. The quantitative estimate of drug-likeness (QED) is 0.571. The van der Waals surface area contributed by atoms with Gasteiger partial charge >= 0.3 is 0 Å². The van der Waals surface area contributed by atoms with E-state index < -0.39 is 0 Å². The molecular weight excluding hydrogens is 301 g/mol. The van der Waals surface area contributed by atoms with Crippen LogP contribution in [0.15, 0.2) is 54.6 Å². The van der Waals surface area contributed by atoms with Crippen LogP contribution in [0.25, 0.3) is 28.1 Å². The summed E-state index contributed by atoms with van der Waals surface area (Å²) in [6.07, 6.45) is 3.45. The van der Waals surface area contributed by atoms with E-state index in [0.717, 1.165) is 27.7 Å². The largest absolute Gasteiger partial charge is 0.338 e. The van der Waals surface area contributed by atoms with Gasteiger partial charge in [0.1, 0.15) is 5.82 Å². The SMILES string of the molecule is CC(=O)/C=C/c1c(-c2ccc(F)cc2)c2ccccc2n1C(C)C. The molecule has 0 aliphatic heterocycles. The standard InChI is InChI=1S/C21H20FNO/c1-14(2)23-19-7-5-4-6-18(19)21(20(23)13-8-15(3)24)16-9-11-17(22)12-10-16/h4-14H,1-3H3/b13-8+. The van der Waals surface area contributed by atoms with E-state index in [0.29, 0.717) is 0 Å². The van der Waals surface area contributed by atoms with Crippen LogP contribution in [0.3, 0.4) is 0 Å². The lowest BCUT2D eigenvalue weighted by atomic mass is 10.0. The van der Waals surface area contributed by atoms with E-state index in [1.165, 1.54) is 19.1 Å². The number of carbonyl (C=O) groups excluding carboxylic acids is 1. The number of halogens is 1. The monoisotopic (exact) mass is 321 g/mol. The minimum absolute atomic E-state index is 0.000573. The number of hydrogen-bond acceptors (Lipinski definition) is 1. The summed E-state index contributed by atoms with van der Waals surface area (Å²) in [5.41, 5.74) is 4.04. The van der Waals surface area contributed by atoms with Crippen LogP contribution >= 0.6 is 0 Å². The highest BCUT2D eigenvalue weighted by molar-refractivity contribution is 6.02. The average Bonchev–Trinajstić information content (AvgIpc) is 2.88. The molecule has 0 saturated carbocycles.